The second-order valence-corrected chi connectivity index (χ2v) is 5.00. The quantitative estimate of drug-likeness (QED) is 0.853. The molecule has 0 saturated heterocycles. The van der Waals surface area contributed by atoms with Crippen LogP contribution in [0.25, 0.3) is 0 Å². The minimum absolute atomic E-state index is 0.00163. The Hall–Kier alpha value is -2.27. The van der Waals surface area contributed by atoms with E-state index in [1.54, 1.807) is 43.4 Å². The lowest BCUT2D eigenvalue weighted by molar-refractivity contribution is -0.114. The molecule has 4 nitrogen and oxygen atoms in total. The third kappa shape index (κ3) is 3.86. The molecular formula is C15H15ClFN3O. The number of nitrogen functional groups attached to an aromatic ring is 1. The maximum absolute atomic E-state index is 13.6. The highest BCUT2D eigenvalue weighted by Gasteiger charge is 2.12. The number of likely N-dealkylation sites (N-methyl/N-ethyl adjacent to an activating group) is 1. The Labute approximate surface area is 127 Å². The van der Waals surface area contributed by atoms with Gasteiger partial charge in [0.2, 0.25) is 5.91 Å². The summed E-state index contributed by atoms with van der Waals surface area (Å²) in [6.45, 7) is 0.00163. The van der Waals surface area contributed by atoms with Crippen molar-refractivity contribution in [3.63, 3.8) is 0 Å². The first-order valence-corrected chi connectivity index (χ1v) is 6.65. The third-order valence-electron chi connectivity index (χ3n) is 2.91. The predicted molar refractivity (Wildman–Crippen MR) is 84.2 cm³/mol. The van der Waals surface area contributed by atoms with Crippen LogP contribution in [0, 0.1) is 5.82 Å². The minimum Gasteiger partial charge on any atom is -0.399 e. The number of anilines is 3. The van der Waals surface area contributed by atoms with E-state index in [4.69, 9.17) is 17.3 Å². The number of carbonyl (C=O) groups excluding carboxylic acids is 1. The fraction of sp³-hybridized carbons (Fsp3) is 0.133. The van der Waals surface area contributed by atoms with E-state index in [0.29, 0.717) is 22.1 Å². The van der Waals surface area contributed by atoms with E-state index in [2.05, 4.69) is 5.32 Å². The lowest BCUT2D eigenvalue weighted by Gasteiger charge is -2.19. The van der Waals surface area contributed by atoms with Crippen LogP contribution in [0.1, 0.15) is 0 Å². The Balaban J connectivity index is 2.03. The van der Waals surface area contributed by atoms with Gasteiger partial charge < -0.3 is 16.0 Å². The molecule has 0 spiro atoms. The number of hydrogen-bond donors (Lipinski definition) is 2. The van der Waals surface area contributed by atoms with Crippen LogP contribution in [0.5, 0.6) is 0 Å². The van der Waals surface area contributed by atoms with E-state index < -0.39 is 0 Å². The molecule has 0 aliphatic carbocycles. The van der Waals surface area contributed by atoms with Crippen LogP contribution in [-0.4, -0.2) is 19.5 Å². The second-order valence-electron chi connectivity index (χ2n) is 4.59. The van der Waals surface area contributed by atoms with Gasteiger partial charge in [-0.3, -0.25) is 4.79 Å². The highest BCUT2D eigenvalue weighted by molar-refractivity contribution is 6.34. The summed E-state index contributed by atoms with van der Waals surface area (Å²) in [5, 5.41) is 3.03. The largest absolute Gasteiger partial charge is 0.399 e. The van der Waals surface area contributed by atoms with Crippen LogP contribution in [0.2, 0.25) is 5.02 Å². The molecule has 0 aliphatic rings. The Bertz CT molecular complexity index is 663. The number of carbonyl (C=O) groups is 1. The molecule has 0 heterocycles. The van der Waals surface area contributed by atoms with Gasteiger partial charge in [0.1, 0.15) is 5.82 Å². The standard InChI is InChI=1S/C15H15ClFN3O/c1-20(14-5-3-2-4-12(14)17)9-15(21)19-13-7-6-10(18)8-11(13)16/h2-8H,9,18H2,1H3,(H,19,21). The molecule has 0 bridgehead atoms. The molecule has 6 heteroatoms. The number of nitrogens with two attached hydrogens (primary N) is 1. The topological polar surface area (TPSA) is 58.4 Å². The number of halogens is 2. The van der Waals surface area contributed by atoms with Gasteiger partial charge in [0.15, 0.2) is 0 Å². The smallest absolute Gasteiger partial charge is 0.243 e. The van der Waals surface area contributed by atoms with Crippen LogP contribution in [0.15, 0.2) is 42.5 Å². The van der Waals surface area contributed by atoms with E-state index in [9.17, 15) is 9.18 Å². The van der Waals surface area contributed by atoms with E-state index in [0.717, 1.165) is 0 Å². The summed E-state index contributed by atoms with van der Waals surface area (Å²) in [5.74, 6) is -0.675. The SMILES string of the molecule is CN(CC(=O)Nc1ccc(N)cc1Cl)c1ccccc1F. The summed E-state index contributed by atoms with van der Waals surface area (Å²) < 4.78 is 13.6. The van der Waals surface area contributed by atoms with Gasteiger partial charge >= 0.3 is 0 Å². The predicted octanol–water partition coefficient (Wildman–Crippen LogP) is 3.14. The number of para-hydroxylation sites is 1. The summed E-state index contributed by atoms with van der Waals surface area (Å²) in [5.41, 5.74) is 6.93. The Kier molecular flexibility index (Phi) is 4.65. The summed E-state index contributed by atoms with van der Waals surface area (Å²) >= 11 is 5.98. The molecule has 0 fully saturated rings. The van der Waals surface area contributed by atoms with E-state index >= 15 is 0 Å². The maximum atomic E-state index is 13.6. The van der Waals surface area contributed by atoms with Crippen LogP contribution in [0.4, 0.5) is 21.5 Å². The van der Waals surface area contributed by atoms with Crippen LogP contribution < -0.4 is 16.0 Å². The number of amides is 1. The lowest BCUT2D eigenvalue weighted by Crippen LogP contribution is -2.30. The van der Waals surface area contributed by atoms with Crippen molar-refractivity contribution in [2.45, 2.75) is 0 Å². The van der Waals surface area contributed by atoms with Gasteiger partial charge in [-0.15, -0.1) is 0 Å². The van der Waals surface area contributed by atoms with Crippen molar-refractivity contribution in [2.75, 3.05) is 29.5 Å². The van der Waals surface area contributed by atoms with Crippen LogP contribution in [-0.2, 0) is 4.79 Å². The van der Waals surface area contributed by atoms with Gasteiger partial charge in [-0.2, -0.15) is 0 Å². The minimum atomic E-state index is -0.377. The fourth-order valence-electron chi connectivity index (χ4n) is 1.88. The summed E-state index contributed by atoms with van der Waals surface area (Å²) in [6.07, 6.45) is 0. The number of rotatable bonds is 4. The number of benzene rings is 2. The number of nitrogens with zero attached hydrogens (tertiary/aromatic N) is 1. The number of nitrogens with one attached hydrogen (secondary N) is 1. The van der Waals surface area contributed by atoms with Crippen molar-refractivity contribution >= 4 is 34.6 Å². The van der Waals surface area contributed by atoms with Crippen molar-refractivity contribution in [1.29, 1.82) is 0 Å². The second kappa shape index (κ2) is 6.45. The molecule has 0 unspecified atom stereocenters. The zero-order valence-corrected chi connectivity index (χ0v) is 12.2. The van der Waals surface area contributed by atoms with Gasteiger partial charge in [-0.1, -0.05) is 23.7 Å². The molecule has 2 aromatic carbocycles. The van der Waals surface area contributed by atoms with Crippen molar-refractivity contribution < 1.29 is 9.18 Å². The molecule has 0 atom stereocenters. The fourth-order valence-corrected chi connectivity index (χ4v) is 2.12. The van der Waals surface area contributed by atoms with E-state index in [-0.39, 0.29) is 18.3 Å². The normalized spacial score (nSPS) is 10.2. The van der Waals surface area contributed by atoms with Crippen molar-refractivity contribution in [2.24, 2.45) is 0 Å². The van der Waals surface area contributed by atoms with Crippen molar-refractivity contribution in [3.05, 3.63) is 53.3 Å². The van der Waals surface area contributed by atoms with Gasteiger partial charge in [-0.05, 0) is 30.3 Å². The van der Waals surface area contributed by atoms with Crippen LogP contribution in [0.3, 0.4) is 0 Å². The maximum Gasteiger partial charge on any atom is 0.243 e. The van der Waals surface area contributed by atoms with Crippen molar-refractivity contribution in [1.82, 2.24) is 0 Å². The van der Waals surface area contributed by atoms with Gasteiger partial charge in [0, 0.05) is 12.7 Å². The Morgan fingerprint density at radius 3 is 2.71 bits per heavy atom. The monoisotopic (exact) mass is 307 g/mol. The van der Waals surface area contributed by atoms with Crippen LogP contribution >= 0.6 is 11.6 Å². The van der Waals surface area contributed by atoms with E-state index in [1.165, 1.54) is 11.0 Å². The average molecular weight is 308 g/mol. The summed E-state index contributed by atoms with van der Waals surface area (Å²) in [4.78, 5) is 13.5. The molecule has 0 saturated carbocycles. The molecule has 2 aromatic rings. The number of hydrogen-bond acceptors (Lipinski definition) is 3. The molecule has 0 aromatic heterocycles. The molecule has 1 amide bonds. The molecular weight excluding hydrogens is 293 g/mol. The zero-order valence-electron chi connectivity index (χ0n) is 11.4. The summed E-state index contributed by atoms with van der Waals surface area (Å²) in [6, 6.07) is 11.1. The average Bonchev–Trinajstić information content (AvgIpc) is 2.42. The highest BCUT2D eigenvalue weighted by atomic mass is 35.5. The summed E-state index contributed by atoms with van der Waals surface area (Å²) in [7, 11) is 1.64. The molecule has 0 radical (unpaired) electrons. The van der Waals surface area contributed by atoms with Gasteiger partial charge in [0.25, 0.3) is 0 Å². The lowest BCUT2D eigenvalue weighted by atomic mass is 10.2. The Morgan fingerprint density at radius 2 is 2.05 bits per heavy atom. The first-order chi connectivity index (χ1) is 9.97. The van der Waals surface area contributed by atoms with Crippen molar-refractivity contribution in [3.8, 4) is 0 Å². The molecule has 2 rings (SSSR count). The highest BCUT2D eigenvalue weighted by Crippen LogP contribution is 2.24. The first kappa shape index (κ1) is 15.1. The molecule has 110 valence electrons. The molecule has 0 aliphatic heterocycles. The molecule has 21 heavy (non-hydrogen) atoms. The Morgan fingerprint density at radius 1 is 1.33 bits per heavy atom. The first-order valence-electron chi connectivity index (χ1n) is 6.28. The van der Waals surface area contributed by atoms with Gasteiger partial charge in [0.05, 0.1) is 22.9 Å². The third-order valence-corrected chi connectivity index (χ3v) is 3.22. The van der Waals surface area contributed by atoms with E-state index in [1.807, 2.05) is 0 Å². The van der Waals surface area contributed by atoms with Gasteiger partial charge in [-0.25, -0.2) is 4.39 Å². The zero-order chi connectivity index (χ0) is 15.4. The molecule has 3 N–H and O–H groups in total.